The summed E-state index contributed by atoms with van der Waals surface area (Å²) in [5.74, 6) is -0.383. The van der Waals surface area contributed by atoms with Crippen molar-refractivity contribution in [1.29, 1.82) is 5.26 Å². The fraction of sp³-hybridized carbons (Fsp3) is 0.273. The van der Waals surface area contributed by atoms with E-state index in [0.29, 0.717) is 28.2 Å². The molecule has 0 aliphatic carbocycles. The topological polar surface area (TPSA) is 111 Å². The highest BCUT2D eigenvalue weighted by atomic mass is 32.1. The molecule has 3 aromatic heterocycles. The Morgan fingerprint density at radius 3 is 2.77 bits per heavy atom. The van der Waals surface area contributed by atoms with E-state index in [9.17, 15) is 14.8 Å². The number of aromatic nitrogens is 4. The third kappa shape index (κ3) is 3.34. The van der Waals surface area contributed by atoms with Gasteiger partial charge < -0.3 is 10.4 Å². The standard InChI is InChI=1S/C22H19FN6OS/c1-11-15(9-24)19(14-3-2-13(30)8-16(14)23)27-21-18(11)20(28-29-21)17-10-31-22(26-17)12-4-6-25-7-5-12/h2-3,8,10,12,25,30H,4-7H2,1H3,(H,27,28,29). The number of aromatic hydroxyl groups is 1. The number of fused-ring (bicyclic) bond motifs is 1. The van der Waals surface area contributed by atoms with E-state index in [1.807, 2.05) is 12.3 Å². The number of hydrogen-bond acceptors (Lipinski definition) is 7. The van der Waals surface area contributed by atoms with Gasteiger partial charge in [-0.2, -0.15) is 10.4 Å². The van der Waals surface area contributed by atoms with Gasteiger partial charge in [0.1, 0.15) is 29.0 Å². The average Bonchev–Trinajstić information content (AvgIpc) is 3.42. The molecule has 0 saturated carbocycles. The lowest BCUT2D eigenvalue weighted by Gasteiger charge is -2.20. The number of piperidine rings is 1. The third-order valence-corrected chi connectivity index (χ3v) is 6.74. The van der Waals surface area contributed by atoms with E-state index in [4.69, 9.17) is 4.98 Å². The number of benzene rings is 1. The molecule has 0 spiro atoms. The van der Waals surface area contributed by atoms with Gasteiger partial charge in [-0.1, -0.05) is 0 Å². The Hall–Kier alpha value is -3.35. The summed E-state index contributed by atoms with van der Waals surface area (Å²) < 4.78 is 14.5. The lowest BCUT2D eigenvalue weighted by molar-refractivity contribution is 0.459. The van der Waals surface area contributed by atoms with E-state index in [1.54, 1.807) is 11.3 Å². The van der Waals surface area contributed by atoms with Crippen LogP contribution in [0.3, 0.4) is 0 Å². The number of thiazole rings is 1. The molecule has 156 valence electrons. The molecule has 0 atom stereocenters. The lowest BCUT2D eigenvalue weighted by Crippen LogP contribution is -2.26. The monoisotopic (exact) mass is 434 g/mol. The predicted octanol–water partition coefficient (Wildman–Crippen LogP) is 4.24. The molecule has 0 amide bonds. The zero-order valence-corrected chi connectivity index (χ0v) is 17.6. The van der Waals surface area contributed by atoms with Crippen LogP contribution in [-0.4, -0.2) is 38.4 Å². The normalized spacial score (nSPS) is 14.7. The van der Waals surface area contributed by atoms with Gasteiger partial charge in [0, 0.05) is 22.9 Å². The Morgan fingerprint density at radius 2 is 2.03 bits per heavy atom. The highest BCUT2D eigenvalue weighted by molar-refractivity contribution is 7.10. The highest BCUT2D eigenvalue weighted by Gasteiger charge is 2.24. The zero-order chi connectivity index (χ0) is 21.5. The van der Waals surface area contributed by atoms with Gasteiger partial charge >= 0.3 is 0 Å². The van der Waals surface area contributed by atoms with Crippen molar-refractivity contribution >= 4 is 22.4 Å². The molecule has 3 N–H and O–H groups in total. The van der Waals surface area contributed by atoms with Crippen LogP contribution >= 0.6 is 11.3 Å². The van der Waals surface area contributed by atoms with Crippen LogP contribution in [0.2, 0.25) is 0 Å². The quantitative estimate of drug-likeness (QED) is 0.445. The maximum Gasteiger partial charge on any atom is 0.156 e. The second-order valence-electron chi connectivity index (χ2n) is 7.63. The van der Waals surface area contributed by atoms with Crippen LogP contribution in [-0.2, 0) is 0 Å². The molecule has 0 radical (unpaired) electrons. The Labute approximate surface area is 181 Å². The Balaban J connectivity index is 1.63. The minimum absolute atomic E-state index is 0.150. The fourth-order valence-corrected chi connectivity index (χ4v) is 5.08. The number of phenols is 1. The van der Waals surface area contributed by atoms with Crippen LogP contribution in [0.15, 0.2) is 23.6 Å². The van der Waals surface area contributed by atoms with E-state index < -0.39 is 5.82 Å². The van der Waals surface area contributed by atoms with Gasteiger partial charge in [0.15, 0.2) is 5.65 Å². The molecule has 4 heterocycles. The number of pyridine rings is 1. The summed E-state index contributed by atoms with van der Waals surface area (Å²) in [4.78, 5) is 9.35. The molecule has 1 aliphatic heterocycles. The van der Waals surface area contributed by atoms with Crippen LogP contribution in [0.1, 0.15) is 34.9 Å². The first-order chi connectivity index (χ1) is 15.1. The second kappa shape index (κ2) is 7.72. The van der Waals surface area contributed by atoms with Gasteiger partial charge in [0.2, 0.25) is 0 Å². The van der Waals surface area contributed by atoms with Crippen molar-refractivity contribution in [3.05, 3.63) is 45.5 Å². The maximum atomic E-state index is 14.5. The summed E-state index contributed by atoms with van der Waals surface area (Å²) in [6.07, 6.45) is 2.13. The van der Waals surface area contributed by atoms with Crippen molar-refractivity contribution < 1.29 is 9.50 Å². The SMILES string of the molecule is Cc1c(C#N)c(-c2ccc(O)cc2F)nc2[nH]nc(-c3csc(C4CCNCC4)n3)c12. The smallest absolute Gasteiger partial charge is 0.156 e. The lowest BCUT2D eigenvalue weighted by atomic mass is 9.98. The van der Waals surface area contributed by atoms with Crippen molar-refractivity contribution in [2.75, 3.05) is 13.1 Å². The molecule has 31 heavy (non-hydrogen) atoms. The Bertz CT molecular complexity index is 1330. The third-order valence-electron chi connectivity index (χ3n) is 5.73. The Kier molecular flexibility index (Phi) is 4.88. The fourth-order valence-electron chi connectivity index (χ4n) is 4.11. The maximum absolute atomic E-state index is 14.5. The summed E-state index contributed by atoms with van der Waals surface area (Å²) in [5, 5.41) is 33.9. The van der Waals surface area contributed by atoms with Crippen molar-refractivity contribution in [3.8, 4) is 34.5 Å². The number of nitriles is 1. The van der Waals surface area contributed by atoms with E-state index in [0.717, 1.165) is 42.7 Å². The van der Waals surface area contributed by atoms with Crippen LogP contribution in [0.4, 0.5) is 4.39 Å². The van der Waals surface area contributed by atoms with Gasteiger partial charge in [0.05, 0.1) is 21.7 Å². The number of nitrogens with one attached hydrogen (secondary N) is 2. The largest absolute Gasteiger partial charge is 0.508 e. The van der Waals surface area contributed by atoms with Gasteiger partial charge in [-0.25, -0.2) is 14.4 Å². The van der Waals surface area contributed by atoms with E-state index in [-0.39, 0.29) is 22.6 Å². The number of nitrogens with zero attached hydrogens (tertiary/aromatic N) is 4. The predicted molar refractivity (Wildman–Crippen MR) is 116 cm³/mol. The first-order valence-electron chi connectivity index (χ1n) is 10.0. The van der Waals surface area contributed by atoms with E-state index in [1.165, 1.54) is 12.1 Å². The number of hydrogen-bond donors (Lipinski definition) is 3. The Morgan fingerprint density at radius 1 is 1.23 bits per heavy atom. The number of aryl methyl sites for hydroxylation is 1. The molecule has 1 fully saturated rings. The number of halogens is 1. The first kappa shape index (κ1) is 19.6. The van der Waals surface area contributed by atoms with Crippen molar-refractivity contribution in [2.45, 2.75) is 25.7 Å². The number of rotatable bonds is 3. The number of H-pyrrole nitrogens is 1. The van der Waals surface area contributed by atoms with Crippen LogP contribution in [0, 0.1) is 24.1 Å². The van der Waals surface area contributed by atoms with Crippen molar-refractivity contribution in [2.24, 2.45) is 0 Å². The summed E-state index contributed by atoms with van der Waals surface area (Å²) in [5.41, 5.74) is 3.16. The zero-order valence-electron chi connectivity index (χ0n) is 16.7. The molecule has 0 unspecified atom stereocenters. The van der Waals surface area contributed by atoms with Crippen LogP contribution < -0.4 is 5.32 Å². The minimum Gasteiger partial charge on any atom is -0.508 e. The molecule has 1 saturated heterocycles. The summed E-state index contributed by atoms with van der Waals surface area (Å²) in [7, 11) is 0. The number of phenolic OH excluding ortho intramolecular Hbond substituents is 1. The van der Waals surface area contributed by atoms with Crippen LogP contribution in [0.25, 0.3) is 33.7 Å². The van der Waals surface area contributed by atoms with Gasteiger partial charge in [-0.3, -0.25) is 5.10 Å². The molecular formula is C22H19FN6OS. The molecule has 5 rings (SSSR count). The summed E-state index contributed by atoms with van der Waals surface area (Å²) >= 11 is 1.63. The second-order valence-corrected chi connectivity index (χ2v) is 8.52. The summed E-state index contributed by atoms with van der Waals surface area (Å²) in [6.45, 7) is 3.80. The molecule has 7 nitrogen and oxygen atoms in total. The molecule has 4 aromatic rings. The molecule has 0 bridgehead atoms. The van der Waals surface area contributed by atoms with Crippen LogP contribution in [0.5, 0.6) is 5.75 Å². The number of aromatic amines is 1. The van der Waals surface area contributed by atoms with Crippen molar-refractivity contribution in [1.82, 2.24) is 25.5 Å². The van der Waals surface area contributed by atoms with Gasteiger partial charge in [0.25, 0.3) is 0 Å². The molecular weight excluding hydrogens is 415 g/mol. The van der Waals surface area contributed by atoms with E-state index in [2.05, 4.69) is 26.6 Å². The minimum atomic E-state index is -0.645. The van der Waals surface area contributed by atoms with E-state index >= 15 is 0 Å². The average molecular weight is 435 g/mol. The molecule has 1 aliphatic rings. The first-order valence-corrected chi connectivity index (χ1v) is 10.9. The van der Waals surface area contributed by atoms with Gasteiger partial charge in [-0.05, 0) is 50.6 Å². The summed E-state index contributed by atoms with van der Waals surface area (Å²) in [6, 6.07) is 5.96. The van der Waals surface area contributed by atoms with Crippen molar-refractivity contribution in [3.63, 3.8) is 0 Å². The molecule has 9 heteroatoms. The highest BCUT2D eigenvalue weighted by Crippen LogP contribution is 2.37. The molecule has 1 aromatic carbocycles. The van der Waals surface area contributed by atoms with Gasteiger partial charge in [-0.15, -0.1) is 11.3 Å².